The summed E-state index contributed by atoms with van der Waals surface area (Å²) in [7, 11) is 0. The molecule has 130 valence electrons. The first-order valence-corrected chi connectivity index (χ1v) is 8.35. The second-order valence-electron chi connectivity index (χ2n) is 7.58. The topological polar surface area (TPSA) is 52.6 Å². The van der Waals surface area contributed by atoms with E-state index in [9.17, 15) is 9.59 Å². The smallest absolute Gasteiger partial charge is 0.312 e. The van der Waals surface area contributed by atoms with E-state index in [0.717, 1.165) is 19.3 Å². The SMILES string of the molecule is CCCCCC(=O)OC(C)(C)C(C)(C)OC(=O)C(C)(C)CC. The van der Waals surface area contributed by atoms with Crippen LogP contribution in [0.5, 0.6) is 0 Å². The molecular weight excluding hydrogens is 280 g/mol. The summed E-state index contributed by atoms with van der Waals surface area (Å²) in [6, 6.07) is 0. The summed E-state index contributed by atoms with van der Waals surface area (Å²) in [6.45, 7) is 14.9. The number of hydrogen-bond acceptors (Lipinski definition) is 4. The van der Waals surface area contributed by atoms with Crippen LogP contribution in [0.2, 0.25) is 0 Å². The number of ether oxygens (including phenoxy) is 2. The van der Waals surface area contributed by atoms with E-state index in [1.807, 2.05) is 20.8 Å². The Balaban J connectivity index is 4.79. The lowest BCUT2D eigenvalue weighted by atomic mass is 9.86. The van der Waals surface area contributed by atoms with Crippen LogP contribution in [0.25, 0.3) is 0 Å². The van der Waals surface area contributed by atoms with Gasteiger partial charge in [0.25, 0.3) is 0 Å². The van der Waals surface area contributed by atoms with Gasteiger partial charge in [-0.3, -0.25) is 9.59 Å². The van der Waals surface area contributed by atoms with Gasteiger partial charge in [-0.05, 0) is 54.4 Å². The minimum absolute atomic E-state index is 0.239. The molecule has 4 nitrogen and oxygen atoms in total. The van der Waals surface area contributed by atoms with Crippen molar-refractivity contribution in [1.29, 1.82) is 0 Å². The molecule has 0 aromatic carbocycles. The fraction of sp³-hybridized carbons (Fsp3) is 0.889. The van der Waals surface area contributed by atoms with Crippen molar-refractivity contribution in [3.63, 3.8) is 0 Å². The zero-order valence-corrected chi connectivity index (χ0v) is 15.7. The third kappa shape index (κ3) is 5.98. The van der Waals surface area contributed by atoms with Crippen LogP contribution >= 0.6 is 0 Å². The largest absolute Gasteiger partial charge is 0.455 e. The van der Waals surface area contributed by atoms with Gasteiger partial charge in [-0.25, -0.2) is 0 Å². The molecule has 0 unspecified atom stereocenters. The highest BCUT2D eigenvalue weighted by Gasteiger charge is 2.45. The van der Waals surface area contributed by atoms with Gasteiger partial charge >= 0.3 is 11.9 Å². The number of unbranched alkanes of at least 4 members (excludes halogenated alkanes) is 2. The predicted molar refractivity (Wildman–Crippen MR) is 88.6 cm³/mol. The monoisotopic (exact) mass is 314 g/mol. The summed E-state index contributed by atoms with van der Waals surface area (Å²) in [4.78, 5) is 24.2. The maximum atomic E-state index is 12.3. The van der Waals surface area contributed by atoms with E-state index in [-0.39, 0.29) is 11.9 Å². The van der Waals surface area contributed by atoms with Gasteiger partial charge in [-0.2, -0.15) is 0 Å². The zero-order valence-electron chi connectivity index (χ0n) is 15.7. The first-order chi connectivity index (χ1) is 9.89. The molecule has 22 heavy (non-hydrogen) atoms. The summed E-state index contributed by atoms with van der Waals surface area (Å²) in [5.41, 5.74) is -2.31. The Morgan fingerprint density at radius 3 is 1.77 bits per heavy atom. The van der Waals surface area contributed by atoms with Gasteiger partial charge in [0.05, 0.1) is 5.41 Å². The lowest BCUT2D eigenvalue weighted by Gasteiger charge is -2.41. The van der Waals surface area contributed by atoms with Gasteiger partial charge in [0, 0.05) is 6.42 Å². The molecule has 0 saturated carbocycles. The van der Waals surface area contributed by atoms with Crippen LogP contribution in [-0.4, -0.2) is 23.1 Å². The molecule has 0 N–H and O–H groups in total. The van der Waals surface area contributed by atoms with Crippen LogP contribution in [0.1, 0.15) is 87.5 Å². The Morgan fingerprint density at radius 2 is 1.32 bits per heavy atom. The standard InChI is InChI=1S/C18H34O4/c1-9-11-12-13-14(19)21-17(5,6)18(7,8)22-15(20)16(3,4)10-2/h9-13H2,1-8H3. The van der Waals surface area contributed by atoms with Crippen molar-refractivity contribution in [2.45, 2.75) is 98.7 Å². The summed E-state index contributed by atoms with van der Waals surface area (Å²) < 4.78 is 11.2. The molecule has 0 aromatic heterocycles. The molecule has 4 heteroatoms. The molecule has 0 radical (unpaired) electrons. The number of rotatable bonds is 9. The Morgan fingerprint density at radius 1 is 0.818 bits per heavy atom. The highest BCUT2D eigenvalue weighted by molar-refractivity contribution is 5.76. The fourth-order valence-electron chi connectivity index (χ4n) is 1.61. The normalized spacial score (nSPS) is 12.9. The third-order valence-corrected chi connectivity index (χ3v) is 4.59. The molecule has 0 saturated heterocycles. The molecule has 0 fully saturated rings. The van der Waals surface area contributed by atoms with Crippen molar-refractivity contribution < 1.29 is 19.1 Å². The van der Waals surface area contributed by atoms with Crippen LogP contribution < -0.4 is 0 Å². The van der Waals surface area contributed by atoms with Crippen LogP contribution in [0.3, 0.4) is 0 Å². The number of hydrogen-bond donors (Lipinski definition) is 0. The number of esters is 2. The highest BCUT2D eigenvalue weighted by Crippen LogP contribution is 2.33. The van der Waals surface area contributed by atoms with Crippen molar-refractivity contribution in [2.24, 2.45) is 5.41 Å². The van der Waals surface area contributed by atoms with Crippen molar-refractivity contribution >= 4 is 11.9 Å². The molecule has 0 aliphatic rings. The average Bonchev–Trinajstić information content (AvgIpc) is 2.37. The van der Waals surface area contributed by atoms with Crippen LogP contribution in [-0.2, 0) is 19.1 Å². The van der Waals surface area contributed by atoms with Crippen LogP contribution in [0.4, 0.5) is 0 Å². The van der Waals surface area contributed by atoms with Crippen LogP contribution in [0.15, 0.2) is 0 Å². The second kappa shape index (κ2) is 7.98. The van der Waals surface area contributed by atoms with Gasteiger partial charge in [0.1, 0.15) is 11.2 Å². The average molecular weight is 314 g/mol. The van der Waals surface area contributed by atoms with E-state index in [1.165, 1.54) is 0 Å². The molecule has 0 rings (SSSR count). The third-order valence-electron chi connectivity index (χ3n) is 4.59. The maximum Gasteiger partial charge on any atom is 0.312 e. The molecule has 0 spiro atoms. The van der Waals surface area contributed by atoms with E-state index >= 15 is 0 Å². The second-order valence-corrected chi connectivity index (χ2v) is 7.58. The zero-order chi connectivity index (χ0) is 17.6. The quantitative estimate of drug-likeness (QED) is 0.459. The highest BCUT2D eigenvalue weighted by atomic mass is 16.6. The molecule has 0 atom stereocenters. The van der Waals surface area contributed by atoms with E-state index in [2.05, 4.69) is 6.92 Å². The summed E-state index contributed by atoms with van der Waals surface area (Å²) >= 11 is 0. The maximum absolute atomic E-state index is 12.3. The minimum atomic E-state index is -0.892. The van der Waals surface area contributed by atoms with E-state index in [4.69, 9.17) is 9.47 Å². The van der Waals surface area contributed by atoms with E-state index in [1.54, 1.807) is 27.7 Å². The van der Waals surface area contributed by atoms with E-state index < -0.39 is 16.6 Å². The molecule has 0 heterocycles. The fourth-order valence-corrected chi connectivity index (χ4v) is 1.61. The minimum Gasteiger partial charge on any atom is -0.455 e. The molecule has 0 amide bonds. The lowest BCUT2D eigenvalue weighted by Crippen LogP contribution is -2.52. The lowest BCUT2D eigenvalue weighted by molar-refractivity contribution is -0.205. The first-order valence-electron chi connectivity index (χ1n) is 8.35. The van der Waals surface area contributed by atoms with Gasteiger partial charge in [0.15, 0.2) is 0 Å². The van der Waals surface area contributed by atoms with E-state index in [0.29, 0.717) is 12.8 Å². The van der Waals surface area contributed by atoms with Crippen LogP contribution in [0, 0.1) is 5.41 Å². The van der Waals surface area contributed by atoms with Crippen molar-refractivity contribution in [1.82, 2.24) is 0 Å². The molecule has 0 aliphatic heterocycles. The Kier molecular flexibility index (Phi) is 7.60. The predicted octanol–water partition coefficient (Wildman–Crippen LogP) is 4.65. The first kappa shape index (κ1) is 20.9. The summed E-state index contributed by atoms with van der Waals surface area (Å²) in [5, 5.41) is 0. The molecule has 0 aromatic rings. The molecule has 0 aliphatic carbocycles. The summed E-state index contributed by atoms with van der Waals surface area (Å²) in [6.07, 6.45) is 4.00. The molecular formula is C18H34O4. The summed E-state index contributed by atoms with van der Waals surface area (Å²) in [5.74, 6) is -0.507. The Labute approximate surface area is 135 Å². The number of carbonyl (C=O) groups excluding carboxylic acids is 2. The Bertz CT molecular complexity index is 381. The van der Waals surface area contributed by atoms with Gasteiger partial charge in [0.2, 0.25) is 0 Å². The number of carbonyl (C=O) groups is 2. The van der Waals surface area contributed by atoms with Gasteiger partial charge < -0.3 is 9.47 Å². The molecule has 0 bridgehead atoms. The van der Waals surface area contributed by atoms with Gasteiger partial charge in [-0.1, -0.05) is 26.7 Å². The van der Waals surface area contributed by atoms with Crippen molar-refractivity contribution in [2.75, 3.05) is 0 Å². The van der Waals surface area contributed by atoms with Gasteiger partial charge in [-0.15, -0.1) is 0 Å². The van der Waals surface area contributed by atoms with Crippen molar-refractivity contribution in [3.05, 3.63) is 0 Å². The van der Waals surface area contributed by atoms with Crippen molar-refractivity contribution in [3.8, 4) is 0 Å². The Hall–Kier alpha value is -1.06.